The standard InChI is InChI=1S/C54H75NO7/c1-7-22-54(61)24-21-43-40-15-11-34-27-37(56)14-16-39(34)49(40)41(31-52(43,54)4)33-9-12-36(13-10-33)55(6)25-26-62-38-20-23-51(3)35(28-38)29-46(57)50-44-18-17-42(32(2)8-19-48(59)60)53(44,5)47(58)30-45(50)51/h9-10,12-13,27,32,35,38,40-47,50,57-58,61H,8,11,14-21,23-26,28-31H2,1-6H3,(H,59,60)/t32-,35+,38+,40?,41-,42-,43?,44+,45+,46-,47+,50+,51+,52+,53-,54+/m1/s1. The molecule has 6 saturated carbocycles. The Morgan fingerprint density at radius 1 is 0.952 bits per heavy atom. The highest BCUT2D eigenvalue weighted by molar-refractivity contribution is 5.93. The van der Waals surface area contributed by atoms with E-state index in [1.807, 2.05) is 13.0 Å². The lowest BCUT2D eigenvalue weighted by molar-refractivity contribution is -0.209. The van der Waals surface area contributed by atoms with Gasteiger partial charge in [-0.1, -0.05) is 51.3 Å². The van der Waals surface area contributed by atoms with Crippen molar-refractivity contribution in [2.24, 2.45) is 63.6 Å². The van der Waals surface area contributed by atoms with Crippen molar-refractivity contribution in [3.63, 3.8) is 0 Å². The van der Waals surface area contributed by atoms with Gasteiger partial charge < -0.3 is 30.1 Å². The van der Waals surface area contributed by atoms with E-state index in [2.05, 4.69) is 75.7 Å². The maximum atomic E-state index is 12.5. The maximum Gasteiger partial charge on any atom is 0.303 e. The number of allylic oxidation sites excluding steroid dienone is 4. The smallest absolute Gasteiger partial charge is 0.303 e. The number of carboxylic acid groups (broad SMARTS) is 1. The summed E-state index contributed by atoms with van der Waals surface area (Å²) in [4.78, 5) is 26.2. The third kappa shape index (κ3) is 7.08. The molecule has 1 aromatic carbocycles. The zero-order chi connectivity index (χ0) is 43.9. The summed E-state index contributed by atoms with van der Waals surface area (Å²) in [5, 5.41) is 45.4. The molecule has 0 saturated heterocycles. The van der Waals surface area contributed by atoms with Crippen LogP contribution in [0.2, 0.25) is 0 Å². The average Bonchev–Trinajstić information content (AvgIpc) is 3.73. The summed E-state index contributed by atoms with van der Waals surface area (Å²) in [5.74, 6) is 8.46. The monoisotopic (exact) mass is 850 g/mol. The highest BCUT2D eigenvalue weighted by Crippen LogP contribution is 2.69. The Hall–Kier alpha value is -2.96. The molecule has 8 aliphatic rings. The number of ketones is 1. The van der Waals surface area contributed by atoms with Crippen LogP contribution in [0.4, 0.5) is 5.69 Å². The Labute approximate surface area is 371 Å². The minimum atomic E-state index is -0.985. The second-order valence-corrected chi connectivity index (χ2v) is 22.6. The number of benzene rings is 1. The van der Waals surface area contributed by atoms with Crippen LogP contribution in [0, 0.1) is 75.4 Å². The molecule has 2 unspecified atom stereocenters. The first-order chi connectivity index (χ1) is 29.5. The fraction of sp³-hybridized carbons (Fsp3) is 0.741. The summed E-state index contributed by atoms with van der Waals surface area (Å²) in [6, 6.07) is 9.10. The number of carbonyl (C=O) groups excluding carboxylic acids is 1. The van der Waals surface area contributed by atoms with Crippen molar-refractivity contribution in [1.29, 1.82) is 0 Å². The van der Waals surface area contributed by atoms with Gasteiger partial charge >= 0.3 is 5.97 Å². The lowest BCUT2D eigenvalue weighted by Gasteiger charge is -2.63. The van der Waals surface area contributed by atoms with E-state index >= 15 is 0 Å². The zero-order valence-corrected chi connectivity index (χ0v) is 38.5. The van der Waals surface area contributed by atoms with Crippen molar-refractivity contribution in [3.05, 3.63) is 52.6 Å². The van der Waals surface area contributed by atoms with Crippen molar-refractivity contribution in [2.75, 3.05) is 25.1 Å². The fourth-order valence-electron chi connectivity index (χ4n) is 16.6. The van der Waals surface area contributed by atoms with Gasteiger partial charge in [0.1, 0.15) is 5.60 Å². The molecule has 6 fully saturated rings. The first-order valence-electron chi connectivity index (χ1n) is 24.7. The lowest BCUT2D eigenvalue weighted by atomic mass is 9.43. The molecule has 8 heteroatoms. The molecule has 0 spiro atoms. The molecule has 0 aromatic heterocycles. The van der Waals surface area contributed by atoms with E-state index in [4.69, 9.17) is 4.74 Å². The van der Waals surface area contributed by atoms with Crippen LogP contribution in [0.3, 0.4) is 0 Å². The number of fused-ring (bicyclic) bond motifs is 9. The highest BCUT2D eigenvalue weighted by Gasteiger charge is 2.66. The maximum absolute atomic E-state index is 12.5. The Balaban J connectivity index is 0.842. The number of aliphatic carboxylic acids is 1. The van der Waals surface area contributed by atoms with Crippen molar-refractivity contribution >= 4 is 17.4 Å². The second-order valence-electron chi connectivity index (χ2n) is 22.6. The Bertz CT molecular complexity index is 2030. The van der Waals surface area contributed by atoms with Gasteiger partial charge in [-0.3, -0.25) is 9.59 Å². The number of ether oxygens (including phenoxy) is 1. The molecule has 8 nitrogen and oxygen atoms in total. The number of rotatable bonds is 10. The number of hydrogen-bond donors (Lipinski definition) is 4. The van der Waals surface area contributed by atoms with Gasteiger partial charge in [0.05, 0.1) is 24.9 Å². The van der Waals surface area contributed by atoms with Crippen LogP contribution >= 0.6 is 0 Å². The largest absolute Gasteiger partial charge is 0.481 e. The van der Waals surface area contributed by atoms with Crippen LogP contribution in [-0.2, 0) is 14.3 Å². The zero-order valence-electron chi connectivity index (χ0n) is 38.5. The number of nitrogens with zero attached hydrogens (tertiary/aromatic N) is 1. The summed E-state index contributed by atoms with van der Waals surface area (Å²) in [6.07, 6.45) is 14.6. The lowest BCUT2D eigenvalue weighted by Crippen LogP contribution is -2.62. The fourth-order valence-corrected chi connectivity index (χ4v) is 16.6. The van der Waals surface area contributed by atoms with Crippen molar-refractivity contribution in [2.45, 2.75) is 167 Å². The van der Waals surface area contributed by atoms with Crippen molar-refractivity contribution < 1.29 is 34.8 Å². The third-order valence-corrected chi connectivity index (χ3v) is 20.0. The van der Waals surface area contributed by atoms with E-state index in [0.717, 1.165) is 95.7 Å². The van der Waals surface area contributed by atoms with Gasteiger partial charge in [-0.25, -0.2) is 0 Å². The molecular weight excluding hydrogens is 775 g/mol. The van der Waals surface area contributed by atoms with Gasteiger partial charge in [-0.05, 0) is 190 Å². The highest BCUT2D eigenvalue weighted by atomic mass is 16.5. The molecule has 0 radical (unpaired) electrons. The molecule has 0 amide bonds. The SMILES string of the molecule is CC#C[C@]1(O)CCC2C3CCC4=CC(=O)CCC4=C3[C@@H](c3ccc(N(C)CCO[C@H]4CC[C@@]5(C)[C@@H](C4)C[C@@H](O)[C@@H]4[C@@H]5C[C@H](O)[C@]5(C)[C@@H]([C@H](C)CCC(=O)O)CC[C@@H]45)cc3)C[C@@]21C. The van der Waals surface area contributed by atoms with Crippen LogP contribution in [-0.4, -0.2) is 76.3 Å². The number of likely N-dealkylation sites (N-methyl/N-ethyl adjacent to an activating group) is 1. The minimum absolute atomic E-state index is 0.0643. The summed E-state index contributed by atoms with van der Waals surface area (Å²) >= 11 is 0. The molecule has 338 valence electrons. The van der Waals surface area contributed by atoms with Crippen molar-refractivity contribution in [3.8, 4) is 11.8 Å². The minimum Gasteiger partial charge on any atom is -0.481 e. The summed E-state index contributed by atoms with van der Waals surface area (Å²) in [6.45, 7) is 12.4. The number of aliphatic hydroxyl groups is 3. The van der Waals surface area contributed by atoms with Crippen LogP contribution in [0.5, 0.6) is 0 Å². The van der Waals surface area contributed by atoms with E-state index in [1.54, 1.807) is 0 Å². The molecular formula is C54H75NO7. The van der Waals surface area contributed by atoms with Gasteiger partial charge in [-0.15, -0.1) is 5.92 Å². The molecule has 4 N–H and O–H groups in total. The Morgan fingerprint density at radius 3 is 2.47 bits per heavy atom. The van der Waals surface area contributed by atoms with Gasteiger partial charge in [0, 0.05) is 43.5 Å². The average molecular weight is 850 g/mol. The van der Waals surface area contributed by atoms with Gasteiger partial charge in [-0.2, -0.15) is 0 Å². The molecule has 0 bridgehead atoms. The molecule has 0 aliphatic heterocycles. The quantitative estimate of drug-likeness (QED) is 0.172. The number of aliphatic hydroxyl groups excluding tert-OH is 2. The van der Waals surface area contributed by atoms with Crippen molar-refractivity contribution in [1.82, 2.24) is 0 Å². The number of anilines is 1. The number of carboxylic acids is 1. The summed E-state index contributed by atoms with van der Waals surface area (Å²) in [7, 11) is 2.14. The first kappa shape index (κ1) is 44.3. The van der Waals surface area contributed by atoms with Gasteiger partial charge in [0.25, 0.3) is 0 Å². The molecule has 1 aromatic rings. The third-order valence-electron chi connectivity index (χ3n) is 20.0. The summed E-state index contributed by atoms with van der Waals surface area (Å²) in [5.41, 5.74) is 5.16. The Kier molecular flexibility index (Phi) is 11.8. The van der Waals surface area contributed by atoms with E-state index in [0.29, 0.717) is 37.2 Å². The normalized spacial score (nSPS) is 43.7. The van der Waals surface area contributed by atoms with E-state index < -0.39 is 17.7 Å². The Morgan fingerprint density at radius 2 is 1.73 bits per heavy atom. The first-order valence-corrected chi connectivity index (χ1v) is 24.7. The molecule has 8 aliphatic carbocycles. The van der Waals surface area contributed by atoms with Crippen LogP contribution in [0.25, 0.3) is 0 Å². The number of carbonyl (C=O) groups is 2. The number of hydrogen-bond acceptors (Lipinski definition) is 7. The van der Waals surface area contributed by atoms with Crippen LogP contribution in [0.15, 0.2) is 47.1 Å². The van der Waals surface area contributed by atoms with Gasteiger partial charge in [0.15, 0.2) is 5.78 Å². The summed E-state index contributed by atoms with van der Waals surface area (Å²) < 4.78 is 6.67. The van der Waals surface area contributed by atoms with E-state index in [-0.39, 0.29) is 76.2 Å². The van der Waals surface area contributed by atoms with Gasteiger partial charge in [0.2, 0.25) is 0 Å². The predicted molar refractivity (Wildman–Crippen MR) is 242 cm³/mol. The predicted octanol–water partition coefficient (Wildman–Crippen LogP) is 9.26. The van der Waals surface area contributed by atoms with E-state index in [1.165, 1.54) is 22.3 Å². The molecule has 16 atom stereocenters. The topological polar surface area (TPSA) is 128 Å². The molecule has 9 rings (SSSR count). The molecule has 0 heterocycles. The van der Waals surface area contributed by atoms with Crippen LogP contribution < -0.4 is 4.90 Å². The second kappa shape index (κ2) is 16.5. The molecule has 62 heavy (non-hydrogen) atoms. The van der Waals surface area contributed by atoms with Crippen LogP contribution in [0.1, 0.15) is 149 Å². The van der Waals surface area contributed by atoms with E-state index in [9.17, 15) is 30.0 Å².